The Morgan fingerprint density at radius 2 is 0.912 bits per heavy atom. The second-order valence-corrected chi connectivity index (χ2v) is 20.1. The number of hydrogen-bond acceptors (Lipinski definition) is 6. The van der Waals surface area contributed by atoms with E-state index in [1.807, 2.05) is 0 Å². The maximum atomic E-state index is 14.4. The summed E-state index contributed by atoms with van der Waals surface area (Å²) in [7, 11) is -6.09. The van der Waals surface area contributed by atoms with E-state index in [0.717, 1.165) is 48.3 Å². The van der Waals surface area contributed by atoms with Gasteiger partial charge in [-0.3, -0.25) is 4.79 Å². The lowest BCUT2D eigenvalue weighted by molar-refractivity contribution is -0.0518. The summed E-state index contributed by atoms with van der Waals surface area (Å²) in [6.07, 6.45) is 1.03. The Morgan fingerprint density at radius 1 is 0.588 bits per heavy atom. The normalized spacial score (nSPS) is 12.3. The highest BCUT2D eigenvalue weighted by molar-refractivity contribution is 9.11. The molecule has 0 spiro atoms. The molecule has 25 heteroatoms. The van der Waals surface area contributed by atoms with Gasteiger partial charge in [0.05, 0.1) is 0 Å². The molecule has 6 nitrogen and oxygen atoms in total. The smallest absolute Gasteiger partial charge is 0.485 e. The zero-order chi connectivity index (χ0) is 51.0. The Hall–Kier alpha value is -4.30. The molecule has 0 saturated carbocycles. The lowest BCUT2D eigenvalue weighted by Gasteiger charge is -2.09. The standard InChI is InChI=1S/C16H11BrF3S2.C13H5BrClF3O.C13H6BrF3O2.CHF3O3S/c17-10-2-3-11(12(18)8-10)9-6-13(19)15(14(20)7-9)16-21-4-1-5-22-16;14-7-1-2-8(9(16)5-7)6-3-10(17)12(13(15)19)11(18)4-6;14-7-1-2-8(9(15)5-7)6-3-10(16)12(13(18)19)11(17)4-6;2-1(3,4)8(5,6)7/h2-3,6-8H,1,4-5H2;1-5H;1-5H,(H,18,19);(H,5,6,7)/q+1;;;/p-1. The van der Waals surface area contributed by atoms with Gasteiger partial charge in [0.25, 0.3) is 9.44 Å². The third-order valence-electron chi connectivity index (χ3n) is 8.51. The van der Waals surface area contributed by atoms with Gasteiger partial charge in [-0.1, -0.05) is 77.8 Å². The molecule has 1 heterocycles. The summed E-state index contributed by atoms with van der Waals surface area (Å²) in [5.74, 6) is -7.84. The van der Waals surface area contributed by atoms with Crippen LogP contribution in [0.25, 0.3) is 33.4 Å². The van der Waals surface area contributed by atoms with Crippen LogP contribution >= 0.6 is 71.2 Å². The van der Waals surface area contributed by atoms with E-state index in [0.29, 0.717) is 17.6 Å². The van der Waals surface area contributed by atoms with Crippen LogP contribution in [0.15, 0.2) is 104 Å². The molecular weight excluding hydrogens is 1210 g/mol. The molecule has 0 saturated heterocycles. The Morgan fingerprint density at radius 3 is 1.18 bits per heavy atom. The Labute approximate surface area is 415 Å². The summed E-state index contributed by atoms with van der Waals surface area (Å²) in [5, 5.41) is 7.40. The number of alkyl halides is 3. The topological polar surface area (TPSA) is 112 Å². The van der Waals surface area contributed by atoms with Gasteiger partial charge >= 0.3 is 11.5 Å². The van der Waals surface area contributed by atoms with Crippen molar-refractivity contribution < 1.29 is 80.4 Å². The molecule has 68 heavy (non-hydrogen) atoms. The first-order valence-corrected chi connectivity index (χ1v) is 24.2. The number of benzene rings is 6. The first-order chi connectivity index (χ1) is 31.6. The highest BCUT2D eigenvalue weighted by atomic mass is 79.9. The molecule has 0 radical (unpaired) electrons. The molecule has 6 aromatic rings. The van der Waals surface area contributed by atoms with E-state index in [4.69, 9.17) is 29.7 Å². The van der Waals surface area contributed by atoms with Gasteiger partial charge in [-0.05, 0) is 101 Å². The van der Waals surface area contributed by atoms with Gasteiger partial charge in [0.2, 0.25) is 0 Å². The highest BCUT2D eigenvalue weighted by Crippen LogP contribution is 2.33. The molecule has 0 fully saturated rings. The van der Waals surface area contributed by atoms with Gasteiger partial charge < -0.3 is 9.66 Å². The fourth-order valence-electron chi connectivity index (χ4n) is 5.52. The molecule has 0 aromatic heterocycles. The van der Waals surface area contributed by atoms with Crippen LogP contribution in [0.2, 0.25) is 0 Å². The van der Waals surface area contributed by atoms with E-state index in [-0.39, 0.29) is 38.9 Å². The minimum Gasteiger partial charge on any atom is -0.741 e. The molecule has 6 aromatic carbocycles. The van der Waals surface area contributed by atoms with Crippen LogP contribution in [0.3, 0.4) is 0 Å². The van der Waals surface area contributed by atoms with Crippen LogP contribution in [0.5, 0.6) is 0 Å². The SMILES string of the molecule is Fc1cc(Br)ccc1-c1cc(F)c(C2=[S+]CCCS2)c(F)c1.O=C(Cl)c1c(F)cc(-c2ccc(Br)cc2F)cc1F.O=C(O)c1c(F)cc(-c2ccc(Br)cc2F)cc1F.O=S(=O)([O-])C(F)(F)F. The van der Waals surface area contributed by atoms with E-state index in [9.17, 15) is 62.3 Å². The number of carbonyl (C=O) groups is 2. The number of hydrogen-bond donors (Lipinski definition) is 1. The van der Waals surface area contributed by atoms with Crippen molar-refractivity contribution in [2.75, 3.05) is 11.5 Å². The van der Waals surface area contributed by atoms with E-state index < -0.39 is 90.3 Å². The number of carboxylic acids is 1. The first-order valence-electron chi connectivity index (χ1n) is 18.0. The molecule has 7 rings (SSSR count). The quantitative estimate of drug-likeness (QED) is 0.0441. The summed E-state index contributed by atoms with van der Waals surface area (Å²) in [4.78, 5) is 21.5. The van der Waals surface area contributed by atoms with E-state index in [2.05, 4.69) is 47.8 Å². The van der Waals surface area contributed by atoms with Gasteiger partial charge in [-0.2, -0.15) is 13.2 Å². The molecule has 1 N–H and O–H groups in total. The number of halogens is 16. The Kier molecular flexibility index (Phi) is 19.9. The third-order valence-corrected chi connectivity index (χ3v) is 13.4. The summed E-state index contributed by atoms with van der Waals surface area (Å²) < 4.78 is 185. The van der Waals surface area contributed by atoms with Crippen LogP contribution < -0.4 is 0 Å². The summed E-state index contributed by atoms with van der Waals surface area (Å²) >= 11 is 17.3. The average Bonchev–Trinajstić information content (AvgIpc) is 3.20. The minimum absolute atomic E-state index is 0.0102. The zero-order valence-corrected chi connectivity index (χ0v) is 41.0. The molecule has 0 aliphatic carbocycles. The number of carboxylic acid groups (broad SMARTS) is 1. The largest absolute Gasteiger partial charge is 0.741 e. The number of aromatic carboxylic acids is 1. The molecule has 0 unspecified atom stereocenters. The van der Waals surface area contributed by atoms with Crippen LogP contribution in [0.1, 0.15) is 32.7 Å². The average molecular weight is 1230 g/mol. The van der Waals surface area contributed by atoms with Crippen molar-refractivity contribution in [2.45, 2.75) is 11.9 Å². The number of rotatable bonds is 6. The van der Waals surface area contributed by atoms with Crippen LogP contribution in [0.4, 0.5) is 52.7 Å². The number of carbonyl (C=O) groups excluding carboxylic acids is 1. The van der Waals surface area contributed by atoms with E-state index in [1.165, 1.54) is 77.7 Å². The predicted molar refractivity (Wildman–Crippen MR) is 245 cm³/mol. The minimum atomic E-state index is -6.09. The van der Waals surface area contributed by atoms with Crippen molar-refractivity contribution in [1.29, 1.82) is 0 Å². The maximum Gasteiger partial charge on any atom is 0.485 e. The van der Waals surface area contributed by atoms with Gasteiger partial charge in [0.1, 0.15) is 69.0 Å². The van der Waals surface area contributed by atoms with Crippen LogP contribution in [-0.4, -0.2) is 50.5 Å². The van der Waals surface area contributed by atoms with E-state index >= 15 is 0 Å². The van der Waals surface area contributed by atoms with Crippen molar-refractivity contribution >= 4 is 108 Å². The van der Waals surface area contributed by atoms with Gasteiger partial charge in [0.15, 0.2) is 27.2 Å². The molecule has 0 amide bonds. The second-order valence-electron chi connectivity index (χ2n) is 13.1. The first kappa shape index (κ1) is 56.3. The second kappa shape index (κ2) is 24.0. The third kappa shape index (κ3) is 14.9. The summed E-state index contributed by atoms with van der Waals surface area (Å²) in [6.45, 7) is 0. The lowest BCUT2D eigenvalue weighted by atomic mass is 10.0. The molecule has 1 aliphatic rings. The predicted octanol–water partition coefficient (Wildman–Crippen LogP) is 14.4. The van der Waals surface area contributed by atoms with Crippen LogP contribution in [0, 0.1) is 52.4 Å². The van der Waals surface area contributed by atoms with E-state index in [1.54, 1.807) is 6.07 Å². The van der Waals surface area contributed by atoms with Crippen molar-refractivity contribution in [3.63, 3.8) is 0 Å². The maximum absolute atomic E-state index is 14.4. The molecule has 0 atom stereocenters. The highest BCUT2D eigenvalue weighted by Gasteiger charge is 2.37. The van der Waals surface area contributed by atoms with Crippen molar-refractivity contribution in [2.24, 2.45) is 0 Å². The molecule has 360 valence electrons. The number of thioether (sulfide) groups is 1. The summed E-state index contributed by atoms with van der Waals surface area (Å²) in [6, 6.07) is 18.2. The zero-order valence-electron chi connectivity index (χ0n) is 33.0. The fourth-order valence-corrected chi connectivity index (χ4v) is 9.34. The monoisotopic (exact) mass is 1230 g/mol. The van der Waals surface area contributed by atoms with Gasteiger partial charge in [0, 0.05) is 42.3 Å². The van der Waals surface area contributed by atoms with Crippen LogP contribution in [-0.2, 0) is 21.5 Å². The summed E-state index contributed by atoms with van der Waals surface area (Å²) in [5.41, 5.74) is -7.22. The Balaban J connectivity index is 0.000000207. The molecular formula is C43H22Br3ClF12O6S3. The van der Waals surface area contributed by atoms with Crippen molar-refractivity contribution in [1.82, 2.24) is 0 Å². The molecule has 0 bridgehead atoms. The Bertz CT molecular complexity index is 2870. The van der Waals surface area contributed by atoms with Crippen molar-refractivity contribution in [3.05, 3.63) is 173 Å². The van der Waals surface area contributed by atoms with Gasteiger partial charge in [-0.25, -0.2) is 52.7 Å². The van der Waals surface area contributed by atoms with Crippen molar-refractivity contribution in [3.8, 4) is 33.4 Å². The van der Waals surface area contributed by atoms with Gasteiger partial charge in [-0.15, -0.1) is 0 Å². The lowest BCUT2D eigenvalue weighted by Crippen LogP contribution is -2.21. The fraction of sp³-hybridized carbons (Fsp3) is 0.0930. The molecule has 1 aliphatic heterocycles.